The number of amides is 3. The minimum Gasteiger partial charge on any atom is -0.481 e. The summed E-state index contributed by atoms with van der Waals surface area (Å²) in [5.41, 5.74) is 7.08. The normalized spacial score (nSPS) is 13.3. The fourth-order valence-corrected chi connectivity index (χ4v) is 2.89. The van der Waals surface area contributed by atoms with Crippen molar-refractivity contribution in [3.63, 3.8) is 0 Å². The van der Waals surface area contributed by atoms with Crippen LogP contribution in [0.5, 0.6) is 0 Å². The molecule has 3 atom stereocenters. The third kappa shape index (κ3) is 8.70. The number of nitrogens with zero attached hydrogens (tertiary/aromatic N) is 2. The molecule has 0 spiro atoms. The van der Waals surface area contributed by atoms with Crippen LogP contribution in [-0.2, 0) is 36.8 Å². The molecule has 3 amide bonds. The summed E-state index contributed by atoms with van der Waals surface area (Å²) < 4.78 is 0. The zero-order chi connectivity index (χ0) is 25.1. The summed E-state index contributed by atoms with van der Waals surface area (Å²) in [4.78, 5) is 72.5. The van der Waals surface area contributed by atoms with E-state index in [2.05, 4.69) is 35.9 Å². The Morgan fingerprint density at radius 2 is 1.53 bits per heavy atom. The van der Waals surface area contributed by atoms with Crippen LogP contribution in [0.2, 0.25) is 0 Å². The molecule has 0 aliphatic rings. The van der Waals surface area contributed by atoms with Gasteiger partial charge in [0, 0.05) is 43.0 Å². The molecule has 0 bridgehead atoms. The molecule has 0 saturated heterocycles. The summed E-state index contributed by atoms with van der Waals surface area (Å²) in [7, 11) is 0. The van der Waals surface area contributed by atoms with Gasteiger partial charge in [0.1, 0.15) is 12.1 Å². The van der Waals surface area contributed by atoms with E-state index in [9.17, 15) is 24.0 Å². The topological polar surface area (TPSA) is 245 Å². The molecule has 0 aliphatic carbocycles. The highest BCUT2D eigenvalue weighted by Gasteiger charge is 2.26. The molecule has 0 fully saturated rings. The SMILES string of the molecule is NC(Cc1cnc[nH]1)C(=O)NC(Cc1cnc[nH]1)C(=O)NCC(=O)NC(CCC(=O)O)C(=O)O. The maximum absolute atomic E-state index is 12.7. The first-order chi connectivity index (χ1) is 16.2. The van der Waals surface area contributed by atoms with E-state index < -0.39 is 60.8 Å². The number of rotatable bonds is 14. The average Bonchev–Trinajstić information content (AvgIpc) is 3.48. The van der Waals surface area contributed by atoms with E-state index in [0.717, 1.165) is 0 Å². The first-order valence-corrected chi connectivity index (χ1v) is 10.2. The lowest BCUT2D eigenvalue weighted by Crippen LogP contribution is -2.54. The number of hydrogen-bond acceptors (Lipinski definition) is 8. The molecular formula is C19H26N8O7. The van der Waals surface area contributed by atoms with Crippen LogP contribution in [-0.4, -0.2) is 84.5 Å². The Bertz CT molecular complexity index is 977. The van der Waals surface area contributed by atoms with Gasteiger partial charge in [0.2, 0.25) is 17.7 Å². The summed E-state index contributed by atoms with van der Waals surface area (Å²) >= 11 is 0. The van der Waals surface area contributed by atoms with Crippen molar-refractivity contribution in [3.8, 4) is 0 Å². The maximum atomic E-state index is 12.7. The summed E-state index contributed by atoms with van der Waals surface area (Å²) in [5, 5.41) is 24.8. The van der Waals surface area contributed by atoms with Crippen LogP contribution in [0.15, 0.2) is 25.0 Å². The van der Waals surface area contributed by atoms with Gasteiger partial charge in [-0.05, 0) is 6.42 Å². The molecule has 2 rings (SSSR count). The van der Waals surface area contributed by atoms with Crippen molar-refractivity contribution >= 4 is 29.7 Å². The number of aliphatic carboxylic acids is 2. The lowest BCUT2D eigenvalue weighted by Gasteiger charge is -2.20. The van der Waals surface area contributed by atoms with Gasteiger partial charge in [-0.2, -0.15) is 0 Å². The van der Waals surface area contributed by atoms with Crippen molar-refractivity contribution in [3.05, 3.63) is 36.4 Å². The average molecular weight is 478 g/mol. The number of carbonyl (C=O) groups is 5. The molecule has 15 nitrogen and oxygen atoms in total. The number of H-pyrrole nitrogens is 2. The standard InChI is InChI=1S/C19H26N8O7/c20-12(3-10-5-21-8-24-10)17(31)27-14(4-11-6-22-9-25-11)18(32)23-7-15(28)26-13(19(33)34)1-2-16(29)30/h5-6,8-9,12-14H,1-4,7,20H2,(H,21,24)(H,22,25)(H,23,32)(H,26,28)(H,27,31)(H,29,30)(H,33,34). The van der Waals surface area contributed by atoms with E-state index in [0.29, 0.717) is 11.4 Å². The number of carboxylic acids is 2. The second kappa shape index (κ2) is 12.7. The monoisotopic (exact) mass is 478 g/mol. The molecule has 184 valence electrons. The Morgan fingerprint density at radius 1 is 0.912 bits per heavy atom. The molecule has 3 unspecified atom stereocenters. The third-order valence-corrected chi connectivity index (χ3v) is 4.65. The summed E-state index contributed by atoms with van der Waals surface area (Å²) in [6, 6.07) is -3.52. The third-order valence-electron chi connectivity index (χ3n) is 4.65. The number of aromatic nitrogens is 4. The molecule has 9 N–H and O–H groups in total. The predicted molar refractivity (Wildman–Crippen MR) is 114 cm³/mol. The molecular weight excluding hydrogens is 452 g/mol. The Morgan fingerprint density at radius 3 is 2.06 bits per heavy atom. The van der Waals surface area contributed by atoms with Gasteiger partial charge in [0.25, 0.3) is 0 Å². The van der Waals surface area contributed by atoms with Gasteiger partial charge < -0.3 is 41.9 Å². The predicted octanol–water partition coefficient (Wildman–Crippen LogP) is -2.72. The van der Waals surface area contributed by atoms with Crippen molar-refractivity contribution in [1.82, 2.24) is 35.9 Å². The van der Waals surface area contributed by atoms with Gasteiger partial charge in [-0.3, -0.25) is 19.2 Å². The molecule has 0 saturated carbocycles. The van der Waals surface area contributed by atoms with E-state index in [-0.39, 0.29) is 19.3 Å². The van der Waals surface area contributed by atoms with E-state index in [1.807, 2.05) is 0 Å². The second-order valence-corrected chi connectivity index (χ2v) is 7.34. The van der Waals surface area contributed by atoms with Crippen molar-refractivity contribution in [2.24, 2.45) is 5.73 Å². The van der Waals surface area contributed by atoms with Crippen LogP contribution in [0.4, 0.5) is 0 Å². The van der Waals surface area contributed by atoms with Crippen LogP contribution in [0.25, 0.3) is 0 Å². The van der Waals surface area contributed by atoms with Gasteiger partial charge in [0.15, 0.2) is 0 Å². The highest BCUT2D eigenvalue weighted by atomic mass is 16.4. The van der Waals surface area contributed by atoms with E-state index in [1.165, 1.54) is 25.0 Å². The van der Waals surface area contributed by atoms with Crippen LogP contribution in [0.3, 0.4) is 0 Å². The molecule has 2 aromatic rings. The fraction of sp³-hybridized carbons (Fsp3) is 0.421. The van der Waals surface area contributed by atoms with Crippen LogP contribution >= 0.6 is 0 Å². The lowest BCUT2D eigenvalue weighted by atomic mass is 10.1. The van der Waals surface area contributed by atoms with Crippen molar-refractivity contribution in [2.75, 3.05) is 6.54 Å². The lowest BCUT2D eigenvalue weighted by molar-refractivity contribution is -0.143. The molecule has 15 heteroatoms. The zero-order valence-electron chi connectivity index (χ0n) is 18.0. The van der Waals surface area contributed by atoms with Crippen LogP contribution in [0.1, 0.15) is 24.2 Å². The van der Waals surface area contributed by atoms with Gasteiger partial charge >= 0.3 is 11.9 Å². The quantitative estimate of drug-likeness (QED) is 0.139. The van der Waals surface area contributed by atoms with Crippen molar-refractivity contribution in [1.29, 1.82) is 0 Å². The van der Waals surface area contributed by atoms with Gasteiger partial charge in [-0.15, -0.1) is 0 Å². The number of aromatic amines is 2. The Labute approximate surface area is 192 Å². The van der Waals surface area contributed by atoms with Gasteiger partial charge in [0.05, 0.1) is 25.2 Å². The number of hydrogen-bond donors (Lipinski definition) is 8. The first-order valence-electron chi connectivity index (χ1n) is 10.2. The molecule has 2 heterocycles. The van der Waals surface area contributed by atoms with Gasteiger partial charge in [-0.1, -0.05) is 0 Å². The second-order valence-electron chi connectivity index (χ2n) is 7.34. The number of nitrogens with one attached hydrogen (secondary N) is 5. The van der Waals surface area contributed by atoms with E-state index in [1.54, 1.807) is 0 Å². The minimum atomic E-state index is -1.43. The highest BCUT2D eigenvalue weighted by Crippen LogP contribution is 2.02. The minimum absolute atomic E-state index is 0.0202. The summed E-state index contributed by atoms with van der Waals surface area (Å²) in [5.74, 6) is -4.79. The fourth-order valence-electron chi connectivity index (χ4n) is 2.89. The molecule has 0 aliphatic heterocycles. The number of imidazole rings is 2. The first kappa shape index (κ1) is 26.0. The van der Waals surface area contributed by atoms with Crippen molar-refractivity contribution < 1.29 is 34.2 Å². The number of carbonyl (C=O) groups excluding carboxylic acids is 3. The largest absolute Gasteiger partial charge is 0.481 e. The van der Waals surface area contributed by atoms with Crippen molar-refractivity contribution in [2.45, 2.75) is 43.8 Å². The Hall–Kier alpha value is -4.27. The number of nitrogens with two attached hydrogens (primary N) is 1. The summed E-state index contributed by atoms with van der Waals surface area (Å²) in [6.45, 7) is -0.592. The van der Waals surface area contributed by atoms with Gasteiger partial charge in [-0.25, -0.2) is 14.8 Å². The summed E-state index contributed by atoms with van der Waals surface area (Å²) in [6.07, 6.45) is 5.21. The molecule has 0 aromatic carbocycles. The Kier molecular flexibility index (Phi) is 9.70. The smallest absolute Gasteiger partial charge is 0.326 e. The molecule has 2 aromatic heterocycles. The van der Waals surface area contributed by atoms with E-state index >= 15 is 0 Å². The van der Waals surface area contributed by atoms with Crippen LogP contribution in [0, 0.1) is 0 Å². The number of carboxylic acid groups (broad SMARTS) is 2. The Balaban J connectivity index is 1.95. The maximum Gasteiger partial charge on any atom is 0.326 e. The highest BCUT2D eigenvalue weighted by molar-refractivity contribution is 5.92. The van der Waals surface area contributed by atoms with Crippen LogP contribution < -0.4 is 21.7 Å². The molecule has 0 radical (unpaired) electrons. The molecule has 34 heavy (non-hydrogen) atoms. The van der Waals surface area contributed by atoms with E-state index in [4.69, 9.17) is 15.9 Å². The zero-order valence-corrected chi connectivity index (χ0v) is 18.0.